The molecule has 1 aliphatic heterocycles. The third-order valence-corrected chi connectivity index (χ3v) is 4.16. The van der Waals surface area contributed by atoms with Crippen LogP contribution in [0.5, 0.6) is 0 Å². The molecular weight excluding hydrogens is 336 g/mol. The van der Waals surface area contributed by atoms with Crippen LogP contribution in [-0.4, -0.2) is 35.1 Å². The highest BCUT2D eigenvalue weighted by molar-refractivity contribution is 9.10. The average Bonchev–Trinajstić information content (AvgIpc) is 2.77. The van der Waals surface area contributed by atoms with E-state index in [1.54, 1.807) is 18.2 Å². The highest BCUT2D eigenvalue weighted by Crippen LogP contribution is 2.24. The Labute approximate surface area is 132 Å². The van der Waals surface area contributed by atoms with E-state index in [2.05, 4.69) is 26.4 Å². The minimum Gasteiger partial charge on any atom is -0.409 e. The Morgan fingerprint density at radius 3 is 2.52 bits per heavy atom. The first kappa shape index (κ1) is 15.6. The number of amides is 2. The summed E-state index contributed by atoms with van der Waals surface area (Å²) in [5.41, 5.74) is 6.78. The number of oxime groups is 1. The summed E-state index contributed by atoms with van der Waals surface area (Å²) in [5.74, 6) is 0.0288. The predicted molar refractivity (Wildman–Crippen MR) is 85.7 cm³/mol. The van der Waals surface area contributed by atoms with Gasteiger partial charge in [-0.3, -0.25) is 0 Å². The van der Waals surface area contributed by atoms with Crippen molar-refractivity contribution in [2.24, 2.45) is 10.9 Å². The number of benzene rings is 1. The first-order chi connectivity index (χ1) is 10.1. The first-order valence-corrected chi connectivity index (χ1v) is 7.74. The molecule has 1 heterocycles. The molecule has 1 saturated heterocycles. The fraction of sp³-hybridized carbons (Fsp3) is 0.429. The largest absolute Gasteiger partial charge is 0.409 e. The number of halogens is 1. The molecule has 6 nitrogen and oxygen atoms in total. The van der Waals surface area contributed by atoms with Gasteiger partial charge in [0.1, 0.15) is 0 Å². The van der Waals surface area contributed by atoms with E-state index >= 15 is 0 Å². The van der Waals surface area contributed by atoms with Crippen molar-refractivity contribution in [3.63, 3.8) is 0 Å². The van der Waals surface area contributed by atoms with Gasteiger partial charge in [0.15, 0.2) is 5.84 Å². The smallest absolute Gasteiger partial charge is 0.321 e. The maximum atomic E-state index is 12.3. The second-order valence-corrected chi connectivity index (χ2v) is 5.87. The molecule has 1 aliphatic rings. The first-order valence-electron chi connectivity index (χ1n) is 6.95. The van der Waals surface area contributed by atoms with Gasteiger partial charge in [-0.25, -0.2) is 4.79 Å². The van der Waals surface area contributed by atoms with E-state index < -0.39 is 0 Å². The van der Waals surface area contributed by atoms with Crippen molar-refractivity contribution in [3.8, 4) is 0 Å². The zero-order valence-corrected chi connectivity index (χ0v) is 13.3. The van der Waals surface area contributed by atoms with Crippen molar-refractivity contribution in [3.05, 3.63) is 28.2 Å². The molecule has 4 N–H and O–H groups in total. The highest BCUT2D eigenvalue weighted by Gasteiger charge is 2.16. The van der Waals surface area contributed by atoms with Gasteiger partial charge in [-0.1, -0.05) is 18.0 Å². The molecule has 2 rings (SSSR count). The minimum atomic E-state index is -0.0888. The number of anilines is 1. The van der Waals surface area contributed by atoms with Crippen LogP contribution in [0, 0.1) is 0 Å². The maximum absolute atomic E-state index is 12.3. The van der Waals surface area contributed by atoms with E-state index in [9.17, 15) is 4.79 Å². The van der Waals surface area contributed by atoms with Gasteiger partial charge in [0.2, 0.25) is 0 Å². The van der Waals surface area contributed by atoms with Gasteiger partial charge in [-0.15, -0.1) is 0 Å². The second kappa shape index (κ2) is 7.31. The fourth-order valence-corrected chi connectivity index (χ4v) is 2.78. The third kappa shape index (κ3) is 4.10. The SMILES string of the molecule is N/C(=N/O)c1ccc(NC(=O)N2CCCCCC2)c(Br)c1. The number of hydrogen-bond donors (Lipinski definition) is 3. The number of rotatable bonds is 2. The molecule has 0 saturated carbocycles. The number of hydrogen-bond acceptors (Lipinski definition) is 3. The van der Waals surface area contributed by atoms with Crippen molar-refractivity contribution in [1.29, 1.82) is 0 Å². The lowest BCUT2D eigenvalue weighted by molar-refractivity contribution is 0.213. The van der Waals surface area contributed by atoms with Gasteiger partial charge in [0.25, 0.3) is 0 Å². The summed E-state index contributed by atoms with van der Waals surface area (Å²) in [4.78, 5) is 14.1. The standard InChI is InChI=1S/C14H19BrN4O2/c15-11-9-10(13(16)18-21)5-6-12(11)17-14(20)19-7-3-1-2-4-8-19/h5-6,9,21H,1-4,7-8H2,(H2,16,18)(H,17,20). The Bertz CT molecular complexity index is 540. The normalized spacial score (nSPS) is 16.4. The van der Waals surface area contributed by atoms with Gasteiger partial charge in [-0.05, 0) is 47.0 Å². The number of nitrogens with two attached hydrogens (primary N) is 1. The van der Waals surface area contributed by atoms with Crippen LogP contribution in [0.3, 0.4) is 0 Å². The Morgan fingerprint density at radius 1 is 1.29 bits per heavy atom. The van der Waals surface area contributed by atoms with E-state index in [4.69, 9.17) is 10.9 Å². The van der Waals surface area contributed by atoms with E-state index in [0.29, 0.717) is 15.7 Å². The van der Waals surface area contributed by atoms with Crippen LogP contribution in [0.1, 0.15) is 31.2 Å². The number of nitrogens with one attached hydrogen (secondary N) is 1. The molecule has 1 fully saturated rings. The van der Waals surface area contributed by atoms with E-state index in [1.165, 1.54) is 12.8 Å². The number of urea groups is 1. The lowest BCUT2D eigenvalue weighted by Gasteiger charge is -2.21. The molecule has 114 valence electrons. The summed E-state index contributed by atoms with van der Waals surface area (Å²) in [5, 5.41) is 14.5. The van der Waals surface area contributed by atoms with Crippen molar-refractivity contribution in [1.82, 2.24) is 4.90 Å². The van der Waals surface area contributed by atoms with Gasteiger partial charge in [0, 0.05) is 23.1 Å². The average molecular weight is 355 g/mol. The molecule has 0 atom stereocenters. The number of nitrogens with zero attached hydrogens (tertiary/aromatic N) is 2. The summed E-state index contributed by atoms with van der Waals surface area (Å²) in [6.45, 7) is 1.59. The molecule has 0 aromatic heterocycles. The van der Waals surface area contributed by atoms with Crippen LogP contribution >= 0.6 is 15.9 Å². The second-order valence-electron chi connectivity index (χ2n) is 5.01. The topological polar surface area (TPSA) is 91.0 Å². The van der Waals surface area contributed by atoms with Crippen LogP contribution < -0.4 is 11.1 Å². The fourth-order valence-electron chi connectivity index (χ4n) is 2.30. The minimum absolute atomic E-state index is 0.0288. The molecule has 0 spiro atoms. The molecule has 0 bridgehead atoms. The molecule has 1 aromatic carbocycles. The maximum Gasteiger partial charge on any atom is 0.321 e. The van der Waals surface area contributed by atoms with Gasteiger partial charge >= 0.3 is 6.03 Å². The third-order valence-electron chi connectivity index (χ3n) is 3.51. The van der Waals surface area contributed by atoms with E-state index in [0.717, 1.165) is 25.9 Å². The van der Waals surface area contributed by atoms with Gasteiger partial charge in [0.05, 0.1) is 5.69 Å². The van der Waals surface area contributed by atoms with E-state index in [-0.39, 0.29) is 11.9 Å². The van der Waals surface area contributed by atoms with Crippen LogP contribution in [0.2, 0.25) is 0 Å². The van der Waals surface area contributed by atoms with E-state index in [1.807, 2.05) is 4.90 Å². The number of carbonyl (C=O) groups excluding carboxylic acids is 1. The number of amidine groups is 1. The molecule has 21 heavy (non-hydrogen) atoms. The Morgan fingerprint density at radius 2 is 1.95 bits per heavy atom. The van der Waals surface area contributed by atoms with Crippen molar-refractivity contribution in [2.75, 3.05) is 18.4 Å². The highest BCUT2D eigenvalue weighted by atomic mass is 79.9. The summed E-state index contributed by atoms with van der Waals surface area (Å²) in [6, 6.07) is 5.03. The number of likely N-dealkylation sites (tertiary alicyclic amines) is 1. The van der Waals surface area contributed by atoms with Crippen molar-refractivity contribution < 1.29 is 10.0 Å². The van der Waals surface area contributed by atoms with Crippen LogP contribution in [-0.2, 0) is 0 Å². The molecule has 0 radical (unpaired) electrons. The van der Waals surface area contributed by atoms with Crippen molar-refractivity contribution >= 4 is 33.5 Å². The lowest BCUT2D eigenvalue weighted by Crippen LogP contribution is -2.35. The van der Waals surface area contributed by atoms with Crippen LogP contribution in [0.15, 0.2) is 27.8 Å². The Hall–Kier alpha value is -1.76. The predicted octanol–water partition coefficient (Wildman–Crippen LogP) is 2.95. The molecule has 0 unspecified atom stereocenters. The zero-order valence-electron chi connectivity index (χ0n) is 11.7. The number of carbonyl (C=O) groups is 1. The quantitative estimate of drug-likeness (QED) is 0.330. The van der Waals surface area contributed by atoms with Gasteiger partial charge in [-0.2, -0.15) is 0 Å². The summed E-state index contributed by atoms with van der Waals surface area (Å²) in [6.07, 6.45) is 4.47. The molecule has 7 heteroatoms. The molecule has 0 aliphatic carbocycles. The molecular formula is C14H19BrN4O2. The summed E-state index contributed by atoms with van der Waals surface area (Å²) in [7, 11) is 0. The molecule has 2 amide bonds. The van der Waals surface area contributed by atoms with Crippen molar-refractivity contribution in [2.45, 2.75) is 25.7 Å². The summed E-state index contributed by atoms with van der Waals surface area (Å²) >= 11 is 3.39. The zero-order chi connectivity index (χ0) is 15.2. The Balaban J connectivity index is 2.06. The van der Waals surface area contributed by atoms with Crippen LogP contribution in [0.4, 0.5) is 10.5 Å². The molecule has 1 aromatic rings. The monoisotopic (exact) mass is 354 g/mol. The lowest BCUT2D eigenvalue weighted by atomic mass is 10.2. The van der Waals surface area contributed by atoms with Crippen LogP contribution in [0.25, 0.3) is 0 Å². The summed E-state index contributed by atoms with van der Waals surface area (Å²) < 4.78 is 0.690. The Kier molecular flexibility index (Phi) is 5.44. The van der Waals surface area contributed by atoms with Gasteiger partial charge < -0.3 is 21.2 Å².